The Morgan fingerprint density at radius 2 is 1.77 bits per heavy atom. The van der Waals surface area contributed by atoms with Gasteiger partial charge < -0.3 is 4.74 Å². The molecule has 4 nitrogen and oxygen atoms in total. The van der Waals surface area contributed by atoms with Crippen LogP contribution in [0.3, 0.4) is 0 Å². The first-order chi connectivity index (χ1) is 14.8. The standard InChI is InChI=1S/C26H27ClN2O2/c1-26(2,3)22-13-11-19(12-14-22)16-25(30)29-28-17-20-7-6-9-23(15-20)31-18-21-8-4-5-10-24(21)27/h4-15,17H,16,18H2,1-3H3,(H,29,30)/b28-17-. The van der Waals surface area contributed by atoms with Crippen LogP contribution in [0, 0.1) is 0 Å². The molecular weight excluding hydrogens is 408 g/mol. The molecule has 0 spiro atoms. The Labute approximate surface area is 188 Å². The number of hydrogen-bond donors (Lipinski definition) is 1. The van der Waals surface area contributed by atoms with Gasteiger partial charge in [-0.15, -0.1) is 0 Å². The van der Waals surface area contributed by atoms with Crippen molar-refractivity contribution in [3.8, 4) is 5.75 Å². The Hall–Kier alpha value is -3.11. The predicted molar refractivity (Wildman–Crippen MR) is 127 cm³/mol. The Bertz CT molecular complexity index is 1050. The van der Waals surface area contributed by atoms with Crippen molar-refractivity contribution in [2.24, 2.45) is 5.10 Å². The van der Waals surface area contributed by atoms with E-state index in [1.165, 1.54) is 5.56 Å². The molecule has 0 unspecified atom stereocenters. The molecule has 0 atom stereocenters. The molecule has 0 heterocycles. The summed E-state index contributed by atoms with van der Waals surface area (Å²) in [6, 6.07) is 23.2. The van der Waals surface area contributed by atoms with Crippen molar-refractivity contribution < 1.29 is 9.53 Å². The maximum absolute atomic E-state index is 12.2. The van der Waals surface area contributed by atoms with Crippen molar-refractivity contribution in [3.63, 3.8) is 0 Å². The van der Waals surface area contributed by atoms with Crippen LogP contribution in [0.2, 0.25) is 5.02 Å². The van der Waals surface area contributed by atoms with Crippen LogP contribution in [0.15, 0.2) is 77.9 Å². The number of nitrogens with zero attached hydrogens (tertiary/aromatic N) is 1. The lowest BCUT2D eigenvalue weighted by atomic mass is 9.86. The number of carbonyl (C=O) groups excluding carboxylic acids is 1. The van der Waals surface area contributed by atoms with E-state index in [9.17, 15) is 4.79 Å². The molecule has 1 amide bonds. The van der Waals surface area contributed by atoms with Crippen LogP contribution in [0.5, 0.6) is 5.75 Å². The topological polar surface area (TPSA) is 50.7 Å². The molecule has 0 aliphatic carbocycles. The molecule has 3 aromatic rings. The van der Waals surface area contributed by atoms with Crippen LogP contribution >= 0.6 is 11.6 Å². The highest BCUT2D eigenvalue weighted by atomic mass is 35.5. The lowest BCUT2D eigenvalue weighted by Gasteiger charge is -2.19. The molecule has 0 saturated carbocycles. The smallest absolute Gasteiger partial charge is 0.244 e. The van der Waals surface area contributed by atoms with Crippen LogP contribution in [-0.4, -0.2) is 12.1 Å². The van der Waals surface area contributed by atoms with Crippen molar-refractivity contribution in [2.45, 2.75) is 39.2 Å². The minimum absolute atomic E-state index is 0.0939. The van der Waals surface area contributed by atoms with E-state index in [0.717, 1.165) is 16.7 Å². The number of carbonyl (C=O) groups is 1. The third-order valence-corrected chi connectivity index (χ3v) is 5.17. The van der Waals surface area contributed by atoms with E-state index >= 15 is 0 Å². The Balaban J connectivity index is 1.52. The number of nitrogens with one attached hydrogen (secondary N) is 1. The Morgan fingerprint density at radius 1 is 1.03 bits per heavy atom. The van der Waals surface area contributed by atoms with E-state index in [1.54, 1.807) is 6.21 Å². The fourth-order valence-corrected chi connectivity index (χ4v) is 3.18. The number of hydrogen-bond acceptors (Lipinski definition) is 3. The van der Waals surface area contributed by atoms with Gasteiger partial charge in [0, 0.05) is 10.6 Å². The van der Waals surface area contributed by atoms with Crippen molar-refractivity contribution in [1.82, 2.24) is 5.43 Å². The molecule has 160 valence electrons. The second kappa shape index (κ2) is 10.3. The normalized spacial score (nSPS) is 11.5. The summed E-state index contributed by atoms with van der Waals surface area (Å²) >= 11 is 6.16. The highest BCUT2D eigenvalue weighted by Crippen LogP contribution is 2.22. The monoisotopic (exact) mass is 434 g/mol. The summed E-state index contributed by atoms with van der Waals surface area (Å²) in [6.07, 6.45) is 1.88. The van der Waals surface area contributed by atoms with Crippen molar-refractivity contribution >= 4 is 23.7 Å². The number of ether oxygens (including phenoxy) is 1. The van der Waals surface area contributed by atoms with Crippen LogP contribution in [0.1, 0.15) is 43.0 Å². The fraction of sp³-hybridized carbons (Fsp3) is 0.231. The number of halogens is 1. The molecule has 31 heavy (non-hydrogen) atoms. The van der Waals surface area contributed by atoms with E-state index in [4.69, 9.17) is 16.3 Å². The molecular formula is C26H27ClN2O2. The number of hydrazone groups is 1. The summed E-state index contributed by atoms with van der Waals surface area (Å²) < 4.78 is 5.82. The van der Waals surface area contributed by atoms with Crippen LogP contribution in [-0.2, 0) is 23.2 Å². The van der Waals surface area contributed by atoms with E-state index in [2.05, 4.69) is 43.4 Å². The van der Waals surface area contributed by atoms with Gasteiger partial charge in [0.25, 0.3) is 0 Å². The molecule has 0 radical (unpaired) electrons. The lowest BCUT2D eigenvalue weighted by molar-refractivity contribution is -0.120. The highest BCUT2D eigenvalue weighted by Gasteiger charge is 2.13. The van der Waals surface area contributed by atoms with Crippen molar-refractivity contribution in [1.29, 1.82) is 0 Å². The third-order valence-electron chi connectivity index (χ3n) is 4.80. The first kappa shape index (κ1) is 22.6. The van der Waals surface area contributed by atoms with Gasteiger partial charge in [-0.2, -0.15) is 5.10 Å². The molecule has 0 aliphatic heterocycles. The van der Waals surface area contributed by atoms with Gasteiger partial charge in [-0.3, -0.25) is 4.79 Å². The van der Waals surface area contributed by atoms with E-state index in [1.807, 2.05) is 60.7 Å². The van der Waals surface area contributed by atoms with Crippen LogP contribution < -0.4 is 10.2 Å². The third kappa shape index (κ3) is 6.97. The number of benzene rings is 3. The van der Waals surface area contributed by atoms with Gasteiger partial charge >= 0.3 is 0 Å². The Kier molecular flexibility index (Phi) is 7.48. The average molecular weight is 435 g/mol. The Morgan fingerprint density at radius 3 is 2.48 bits per heavy atom. The van der Waals surface area contributed by atoms with E-state index in [0.29, 0.717) is 17.4 Å². The summed E-state index contributed by atoms with van der Waals surface area (Å²) in [4.78, 5) is 12.2. The molecule has 0 bridgehead atoms. The van der Waals surface area contributed by atoms with Crippen molar-refractivity contribution in [3.05, 3.63) is 100 Å². The summed E-state index contributed by atoms with van der Waals surface area (Å²) in [5, 5.41) is 4.74. The highest BCUT2D eigenvalue weighted by molar-refractivity contribution is 6.31. The molecule has 3 rings (SSSR count). The molecule has 0 aliphatic rings. The molecule has 0 fully saturated rings. The van der Waals surface area contributed by atoms with Crippen LogP contribution in [0.25, 0.3) is 0 Å². The zero-order valence-electron chi connectivity index (χ0n) is 18.1. The summed E-state index contributed by atoms with van der Waals surface area (Å²) in [6.45, 7) is 6.88. The fourth-order valence-electron chi connectivity index (χ4n) is 2.99. The van der Waals surface area contributed by atoms with E-state index in [-0.39, 0.29) is 17.7 Å². The lowest BCUT2D eigenvalue weighted by Crippen LogP contribution is -2.20. The second-order valence-electron chi connectivity index (χ2n) is 8.37. The second-order valence-corrected chi connectivity index (χ2v) is 8.78. The van der Waals surface area contributed by atoms with Gasteiger partial charge in [0.1, 0.15) is 12.4 Å². The summed E-state index contributed by atoms with van der Waals surface area (Å²) in [5.74, 6) is 0.542. The molecule has 3 aromatic carbocycles. The van der Waals surface area contributed by atoms with Gasteiger partial charge in [-0.05, 0) is 40.3 Å². The first-order valence-electron chi connectivity index (χ1n) is 10.2. The summed E-state index contributed by atoms with van der Waals surface area (Å²) in [7, 11) is 0. The molecule has 0 aromatic heterocycles. The molecule has 1 N–H and O–H groups in total. The molecule has 5 heteroatoms. The van der Waals surface area contributed by atoms with Gasteiger partial charge in [0.05, 0.1) is 12.6 Å². The largest absolute Gasteiger partial charge is 0.489 e. The first-order valence-corrected chi connectivity index (χ1v) is 10.6. The van der Waals surface area contributed by atoms with Crippen molar-refractivity contribution in [2.75, 3.05) is 0 Å². The van der Waals surface area contributed by atoms with Gasteiger partial charge in [0.15, 0.2) is 0 Å². The maximum atomic E-state index is 12.2. The SMILES string of the molecule is CC(C)(C)c1ccc(CC(=O)N/N=C\c2cccc(OCc3ccccc3Cl)c2)cc1. The minimum atomic E-state index is -0.161. The molecule has 0 saturated heterocycles. The minimum Gasteiger partial charge on any atom is -0.489 e. The quantitative estimate of drug-likeness (QED) is 0.371. The maximum Gasteiger partial charge on any atom is 0.244 e. The van der Waals surface area contributed by atoms with E-state index < -0.39 is 0 Å². The average Bonchev–Trinajstić information content (AvgIpc) is 2.73. The number of amides is 1. The summed E-state index contributed by atoms with van der Waals surface area (Å²) in [5.41, 5.74) is 6.62. The predicted octanol–water partition coefficient (Wildman–Crippen LogP) is 5.91. The van der Waals surface area contributed by atoms with Gasteiger partial charge in [0.2, 0.25) is 5.91 Å². The van der Waals surface area contributed by atoms with Crippen LogP contribution in [0.4, 0.5) is 0 Å². The van der Waals surface area contributed by atoms with Gasteiger partial charge in [-0.1, -0.05) is 87.0 Å². The number of rotatable bonds is 7. The zero-order chi connectivity index (χ0) is 22.3. The zero-order valence-corrected chi connectivity index (χ0v) is 18.8. The van der Waals surface area contributed by atoms with Gasteiger partial charge in [-0.25, -0.2) is 5.43 Å².